The van der Waals surface area contributed by atoms with Crippen LogP contribution in [0.15, 0.2) is 41.1 Å². The van der Waals surface area contributed by atoms with Crippen molar-refractivity contribution in [1.29, 1.82) is 0 Å². The molecule has 34 heavy (non-hydrogen) atoms. The first-order chi connectivity index (χ1) is 16.3. The van der Waals surface area contributed by atoms with Crippen LogP contribution in [0.4, 0.5) is 0 Å². The zero-order valence-electron chi connectivity index (χ0n) is 21.1. The molecule has 0 radical (unpaired) electrons. The minimum absolute atomic E-state index is 0.0381. The van der Waals surface area contributed by atoms with Crippen molar-refractivity contribution in [3.63, 3.8) is 0 Å². The number of aryl methyl sites for hydroxylation is 1. The van der Waals surface area contributed by atoms with Gasteiger partial charge in [0.2, 0.25) is 5.91 Å². The summed E-state index contributed by atoms with van der Waals surface area (Å²) in [6, 6.07) is 2.07. The Balaban J connectivity index is 1.54. The molecule has 0 spiro atoms. The Morgan fingerprint density at radius 3 is 2.88 bits per heavy atom. The molecule has 1 amide bonds. The van der Waals surface area contributed by atoms with E-state index in [1.54, 1.807) is 30.2 Å². The number of methoxy groups -OCH3 is 1. The fraction of sp³-hybridized carbons (Fsp3) is 0.643. The molecule has 0 bridgehead atoms. The van der Waals surface area contributed by atoms with Gasteiger partial charge in [0, 0.05) is 12.3 Å². The Bertz CT molecular complexity index is 967. The maximum atomic E-state index is 12.8. The molecule has 6 heteroatoms. The van der Waals surface area contributed by atoms with Crippen LogP contribution < -0.4 is 0 Å². The lowest BCUT2D eigenvalue weighted by atomic mass is 9.46. The van der Waals surface area contributed by atoms with Gasteiger partial charge in [0.25, 0.3) is 0 Å². The van der Waals surface area contributed by atoms with Crippen molar-refractivity contribution in [2.45, 2.75) is 71.1 Å². The topological polar surface area (TPSA) is 59.8 Å². The zero-order valence-corrected chi connectivity index (χ0v) is 21.9. The Hall–Kier alpha value is -1.95. The third-order valence-electron chi connectivity index (χ3n) is 8.86. The number of nitrogens with zero attached hydrogens (tertiary/aromatic N) is 1. The van der Waals surface area contributed by atoms with Crippen LogP contribution in [0, 0.1) is 22.7 Å². The van der Waals surface area contributed by atoms with Gasteiger partial charge in [0.05, 0.1) is 18.8 Å². The second-order valence-electron chi connectivity index (χ2n) is 10.7. The van der Waals surface area contributed by atoms with E-state index in [1.165, 1.54) is 18.2 Å². The molecule has 5 atom stereocenters. The molecular weight excluding hydrogens is 446 g/mol. The van der Waals surface area contributed by atoms with Crippen molar-refractivity contribution in [3.05, 3.63) is 48.0 Å². The first-order valence-corrected chi connectivity index (χ1v) is 13.7. The van der Waals surface area contributed by atoms with Gasteiger partial charge in [0.15, 0.2) is 0 Å². The van der Waals surface area contributed by atoms with Crippen molar-refractivity contribution < 1.29 is 18.7 Å². The monoisotopic (exact) mass is 485 g/mol. The lowest BCUT2D eigenvalue weighted by Crippen LogP contribution is -2.53. The largest absolute Gasteiger partial charge is 0.469 e. The molecule has 3 aliphatic rings. The molecular formula is C28H39NO4S. The second kappa shape index (κ2) is 9.96. The molecule has 2 saturated carbocycles. The smallest absolute Gasteiger partial charge is 0.311 e. The lowest BCUT2D eigenvalue weighted by Gasteiger charge is -2.57. The van der Waals surface area contributed by atoms with Crippen LogP contribution in [0.25, 0.3) is 0 Å². The summed E-state index contributed by atoms with van der Waals surface area (Å²) in [4.78, 5) is 27.3. The summed E-state index contributed by atoms with van der Waals surface area (Å²) in [5.74, 6) is 2.47. The molecule has 3 fully saturated rings. The molecule has 2 aliphatic carbocycles. The van der Waals surface area contributed by atoms with Crippen molar-refractivity contribution in [2.75, 3.05) is 19.4 Å². The normalized spacial score (nSPS) is 33.8. The molecule has 186 valence electrons. The van der Waals surface area contributed by atoms with Crippen LogP contribution >= 0.6 is 11.8 Å². The van der Waals surface area contributed by atoms with Gasteiger partial charge in [-0.15, -0.1) is 11.8 Å². The van der Waals surface area contributed by atoms with Crippen LogP contribution in [-0.4, -0.2) is 36.2 Å². The van der Waals surface area contributed by atoms with E-state index in [1.807, 2.05) is 11.8 Å². The van der Waals surface area contributed by atoms with Crippen LogP contribution in [0.5, 0.6) is 0 Å². The van der Waals surface area contributed by atoms with Crippen molar-refractivity contribution in [3.8, 4) is 0 Å². The number of hydrogen-bond donors (Lipinski definition) is 0. The highest BCUT2D eigenvalue weighted by Crippen LogP contribution is 2.62. The molecule has 0 aromatic carbocycles. The Kier molecular flexibility index (Phi) is 7.37. The first-order valence-electron chi connectivity index (χ1n) is 12.6. The van der Waals surface area contributed by atoms with E-state index in [9.17, 15) is 9.59 Å². The summed E-state index contributed by atoms with van der Waals surface area (Å²) in [7, 11) is 1.52. The van der Waals surface area contributed by atoms with Crippen LogP contribution in [0.2, 0.25) is 0 Å². The van der Waals surface area contributed by atoms with Crippen LogP contribution in [0.1, 0.15) is 76.0 Å². The zero-order chi connectivity index (χ0) is 24.5. The predicted octanol–water partition coefficient (Wildman–Crippen LogP) is 6.31. The van der Waals surface area contributed by atoms with Crippen LogP contribution in [-0.2, 0) is 20.7 Å². The van der Waals surface area contributed by atoms with Gasteiger partial charge in [-0.2, -0.15) is 0 Å². The van der Waals surface area contributed by atoms with E-state index in [0.29, 0.717) is 11.8 Å². The van der Waals surface area contributed by atoms with Gasteiger partial charge in [-0.3, -0.25) is 9.59 Å². The van der Waals surface area contributed by atoms with Gasteiger partial charge >= 0.3 is 5.97 Å². The number of hydrogen-bond acceptors (Lipinski definition) is 5. The number of ether oxygens (including phenoxy) is 1. The molecule has 4 rings (SSSR count). The number of fused-ring (bicyclic) bond motifs is 1. The van der Waals surface area contributed by atoms with Crippen molar-refractivity contribution in [1.82, 2.24) is 4.90 Å². The number of allylic oxidation sites excluding steroid dienone is 2. The number of amides is 1. The third kappa shape index (κ3) is 4.27. The second-order valence-corrected chi connectivity index (χ2v) is 11.9. The number of rotatable bonds is 6. The highest BCUT2D eigenvalue weighted by atomic mass is 32.2. The number of esters is 1. The number of furan rings is 1. The SMILES string of the molecule is C=C1CCC2C(C)(C(=O)OC)CCCC2(C)C1CCc1ccoc1C1SCCN1C(=O)/C=C/C. The maximum absolute atomic E-state index is 12.8. The maximum Gasteiger partial charge on any atom is 0.311 e. The van der Waals surface area contributed by atoms with E-state index in [4.69, 9.17) is 9.15 Å². The molecule has 5 unspecified atom stereocenters. The standard InChI is InChI=1S/C28H39NO4S/c1-6-8-23(30)29-16-18-34-25(29)24-20(13-17-33-24)10-11-21-19(2)9-12-22-27(21,3)14-7-15-28(22,4)26(31)32-5/h6,8,13,17,21-22,25H,2,7,9-12,14-16,18H2,1,3-5H3/b8-6+. The summed E-state index contributed by atoms with van der Waals surface area (Å²) in [6.07, 6.45) is 12.1. The highest BCUT2D eigenvalue weighted by molar-refractivity contribution is 7.99. The molecule has 1 aliphatic heterocycles. The Morgan fingerprint density at radius 2 is 2.15 bits per heavy atom. The summed E-state index contributed by atoms with van der Waals surface area (Å²) in [6.45, 7) is 11.6. The van der Waals surface area contributed by atoms with E-state index in [2.05, 4.69) is 26.5 Å². The molecule has 2 heterocycles. The molecule has 1 aromatic heterocycles. The highest BCUT2D eigenvalue weighted by Gasteiger charge is 2.57. The molecule has 1 aromatic rings. The number of carbonyl (C=O) groups is 2. The Morgan fingerprint density at radius 1 is 1.35 bits per heavy atom. The Labute approximate surface area is 208 Å². The summed E-state index contributed by atoms with van der Waals surface area (Å²) in [5, 5.41) is -0.0658. The fourth-order valence-corrected chi connectivity index (χ4v) is 8.45. The van der Waals surface area contributed by atoms with Crippen LogP contribution in [0.3, 0.4) is 0 Å². The summed E-state index contributed by atoms with van der Waals surface area (Å²) < 4.78 is 11.2. The van der Waals surface area contributed by atoms with Crippen molar-refractivity contribution in [2.24, 2.45) is 22.7 Å². The summed E-state index contributed by atoms with van der Waals surface area (Å²) >= 11 is 1.77. The minimum Gasteiger partial charge on any atom is -0.469 e. The van der Waals surface area contributed by atoms with Gasteiger partial charge in [-0.1, -0.05) is 31.6 Å². The average molecular weight is 486 g/mol. The third-order valence-corrected chi connectivity index (χ3v) is 10.1. The lowest BCUT2D eigenvalue weighted by molar-refractivity contribution is -0.168. The number of thioether (sulfide) groups is 1. The minimum atomic E-state index is -0.421. The van der Waals surface area contributed by atoms with E-state index >= 15 is 0 Å². The van der Waals surface area contributed by atoms with Gasteiger partial charge in [0.1, 0.15) is 11.1 Å². The predicted molar refractivity (Wildman–Crippen MR) is 136 cm³/mol. The van der Waals surface area contributed by atoms with Gasteiger partial charge in [-0.25, -0.2) is 0 Å². The molecule has 0 N–H and O–H groups in total. The molecule has 1 saturated heterocycles. The van der Waals surface area contributed by atoms with Gasteiger partial charge < -0.3 is 14.1 Å². The van der Waals surface area contributed by atoms with E-state index < -0.39 is 5.41 Å². The van der Waals surface area contributed by atoms with Crippen molar-refractivity contribution >= 4 is 23.6 Å². The number of carbonyl (C=O) groups excluding carboxylic acids is 2. The van der Waals surface area contributed by atoms with E-state index in [0.717, 1.165) is 63.0 Å². The summed E-state index contributed by atoms with van der Waals surface area (Å²) in [5.41, 5.74) is 2.12. The van der Waals surface area contributed by atoms with Gasteiger partial charge in [-0.05, 0) is 87.3 Å². The molecule has 5 nitrogen and oxygen atoms in total. The quantitative estimate of drug-likeness (QED) is 0.268. The van der Waals surface area contributed by atoms with E-state index in [-0.39, 0.29) is 22.7 Å². The first kappa shape index (κ1) is 25.2. The fourth-order valence-electron chi connectivity index (χ4n) is 7.18. The average Bonchev–Trinajstić information content (AvgIpc) is 3.47.